The van der Waals surface area contributed by atoms with Gasteiger partial charge in [-0.05, 0) is 49.2 Å². The van der Waals surface area contributed by atoms with E-state index in [0.717, 1.165) is 11.4 Å². The minimum Gasteiger partial charge on any atom is -0.372 e. The molecule has 2 aromatic carbocycles. The minimum absolute atomic E-state index is 0.895. The molecule has 0 aliphatic heterocycles. The van der Waals surface area contributed by atoms with Gasteiger partial charge in [-0.15, -0.1) is 0 Å². The van der Waals surface area contributed by atoms with Gasteiger partial charge in [-0.2, -0.15) is 10.2 Å². The SMILES string of the molecule is CCCCCCCCCCCCCN(CCCCCCCCCCCCC)c1ccc(/N=N/c2ccccc2)cc1. The first-order valence-corrected chi connectivity index (χ1v) is 17.6. The molecule has 0 unspecified atom stereocenters. The molecule has 2 rings (SSSR count). The van der Waals surface area contributed by atoms with Gasteiger partial charge >= 0.3 is 0 Å². The van der Waals surface area contributed by atoms with Gasteiger partial charge in [-0.3, -0.25) is 0 Å². The Hall–Kier alpha value is -2.16. The largest absolute Gasteiger partial charge is 0.372 e. The molecule has 0 radical (unpaired) electrons. The number of anilines is 1. The van der Waals surface area contributed by atoms with Crippen LogP contribution >= 0.6 is 0 Å². The molecule has 0 aliphatic rings. The van der Waals surface area contributed by atoms with Crippen LogP contribution in [0.3, 0.4) is 0 Å². The van der Waals surface area contributed by atoms with Crippen LogP contribution in [0.5, 0.6) is 0 Å². The first kappa shape index (κ1) is 35.0. The van der Waals surface area contributed by atoms with E-state index in [-0.39, 0.29) is 0 Å². The molecule has 0 atom stereocenters. The Morgan fingerprint density at radius 1 is 0.390 bits per heavy atom. The van der Waals surface area contributed by atoms with E-state index in [9.17, 15) is 0 Å². The molecule has 230 valence electrons. The minimum atomic E-state index is 0.895. The second kappa shape index (κ2) is 25.5. The van der Waals surface area contributed by atoms with Crippen LogP contribution in [0.15, 0.2) is 64.8 Å². The van der Waals surface area contributed by atoms with Crippen LogP contribution in [0.25, 0.3) is 0 Å². The molecule has 3 nitrogen and oxygen atoms in total. The number of rotatable bonds is 27. The molecule has 0 amide bonds. The summed E-state index contributed by atoms with van der Waals surface area (Å²) in [5.41, 5.74) is 3.15. The van der Waals surface area contributed by atoms with Crippen LogP contribution < -0.4 is 4.90 Å². The summed E-state index contributed by atoms with van der Waals surface area (Å²) in [4.78, 5) is 2.62. The van der Waals surface area contributed by atoms with E-state index in [4.69, 9.17) is 0 Å². The summed E-state index contributed by atoms with van der Waals surface area (Å²) in [7, 11) is 0. The highest BCUT2D eigenvalue weighted by Crippen LogP contribution is 2.24. The van der Waals surface area contributed by atoms with Crippen molar-refractivity contribution in [3.05, 3.63) is 54.6 Å². The number of azo groups is 1. The third-order valence-electron chi connectivity index (χ3n) is 8.32. The average Bonchev–Trinajstić information content (AvgIpc) is 3.01. The third-order valence-corrected chi connectivity index (χ3v) is 8.32. The molecular formula is C38H63N3. The second-order valence-electron chi connectivity index (χ2n) is 12.1. The summed E-state index contributed by atoms with van der Waals surface area (Å²) in [6.45, 7) is 6.93. The molecule has 2 aromatic rings. The zero-order chi connectivity index (χ0) is 29.1. The fourth-order valence-corrected chi connectivity index (χ4v) is 5.64. The number of nitrogens with zero attached hydrogens (tertiary/aromatic N) is 3. The smallest absolute Gasteiger partial charge is 0.0858 e. The van der Waals surface area contributed by atoms with E-state index < -0.39 is 0 Å². The number of benzene rings is 2. The molecule has 0 bridgehead atoms. The van der Waals surface area contributed by atoms with Crippen LogP contribution in [0, 0.1) is 0 Å². The molecule has 0 fully saturated rings. The van der Waals surface area contributed by atoms with Crippen molar-refractivity contribution in [3.63, 3.8) is 0 Å². The summed E-state index contributed by atoms with van der Waals surface area (Å²) in [6.07, 6.45) is 30.8. The van der Waals surface area contributed by atoms with Crippen molar-refractivity contribution < 1.29 is 0 Å². The third kappa shape index (κ3) is 18.8. The second-order valence-corrected chi connectivity index (χ2v) is 12.1. The molecule has 0 heterocycles. The Morgan fingerprint density at radius 2 is 0.732 bits per heavy atom. The summed E-state index contributed by atoms with van der Waals surface area (Å²) in [6, 6.07) is 18.7. The Balaban J connectivity index is 1.71. The standard InChI is InChI=1S/C38H63N3/c1-3-5-7-9-11-13-15-17-19-21-26-34-41(35-27-22-20-18-16-14-12-10-8-6-4-2)38-32-30-37(31-33-38)40-39-36-28-24-23-25-29-36/h23-25,28-33H,3-22,26-27,34-35H2,1-2H3/b40-39+. The molecule has 41 heavy (non-hydrogen) atoms. The van der Waals surface area contributed by atoms with E-state index in [1.54, 1.807) is 0 Å². The normalized spacial score (nSPS) is 11.5. The van der Waals surface area contributed by atoms with Crippen LogP contribution in [0.4, 0.5) is 17.1 Å². The first-order valence-electron chi connectivity index (χ1n) is 17.6. The lowest BCUT2D eigenvalue weighted by molar-refractivity contribution is 0.538. The predicted molar refractivity (Wildman–Crippen MR) is 182 cm³/mol. The summed E-state index contributed by atoms with van der Waals surface area (Å²) in [5, 5.41) is 8.83. The highest BCUT2D eigenvalue weighted by atomic mass is 15.1. The lowest BCUT2D eigenvalue weighted by Gasteiger charge is -2.25. The van der Waals surface area contributed by atoms with Gasteiger partial charge in [0.1, 0.15) is 0 Å². The summed E-state index contributed by atoms with van der Waals surface area (Å²) < 4.78 is 0. The topological polar surface area (TPSA) is 28.0 Å². The highest BCUT2D eigenvalue weighted by Gasteiger charge is 2.07. The first-order chi connectivity index (χ1) is 20.3. The van der Waals surface area contributed by atoms with Crippen molar-refractivity contribution in [1.29, 1.82) is 0 Å². The molecule has 3 heteroatoms. The van der Waals surface area contributed by atoms with E-state index in [2.05, 4.69) is 53.2 Å². The van der Waals surface area contributed by atoms with Gasteiger partial charge in [-0.1, -0.05) is 160 Å². The number of hydrogen-bond donors (Lipinski definition) is 0. The van der Waals surface area contributed by atoms with Crippen LogP contribution in [0.1, 0.15) is 155 Å². The highest BCUT2D eigenvalue weighted by molar-refractivity contribution is 5.53. The molecule has 0 saturated carbocycles. The van der Waals surface area contributed by atoms with Crippen molar-refractivity contribution >= 4 is 17.1 Å². The van der Waals surface area contributed by atoms with Crippen molar-refractivity contribution in [2.75, 3.05) is 18.0 Å². The van der Waals surface area contributed by atoms with Crippen molar-refractivity contribution in [1.82, 2.24) is 0 Å². The van der Waals surface area contributed by atoms with Gasteiger partial charge in [-0.25, -0.2) is 0 Å². The van der Waals surface area contributed by atoms with Crippen LogP contribution in [0.2, 0.25) is 0 Å². The zero-order valence-corrected chi connectivity index (χ0v) is 27.0. The fourth-order valence-electron chi connectivity index (χ4n) is 5.64. The Kier molecular flexibility index (Phi) is 21.8. The van der Waals surface area contributed by atoms with E-state index >= 15 is 0 Å². The number of hydrogen-bond acceptors (Lipinski definition) is 3. The van der Waals surface area contributed by atoms with Gasteiger partial charge < -0.3 is 4.90 Å². The van der Waals surface area contributed by atoms with Crippen molar-refractivity contribution in [3.8, 4) is 0 Å². The number of unbranched alkanes of at least 4 members (excludes halogenated alkanes) is 20. The maximum Gasteiger partial charge on any atom is 0.0858 e. The average molecular weight is 562 g/mol. The Labute approximate surface area is 254 Å². The summed E-state index contributed by atoms with van der Waals surface area (Å²) >= 11 is 0. The lowest BCUT2D eigenvalue weighted by Crippen LogP contribution is -2.25. The summed E-state index contributed by atoms with van der Waals surface area (Å²) in [5.74, 6) is 0. The maximum atomic E-state index is 4.45. The molecule has 0 aromatic heterocycles. The van der Waals surface area contributed by atoms with Gasteiger partial charge in [0, 0.05) is 18.8 Å². The van der Waals surface area contributed by atoms with Crippen molar-refractivity contribution in [2.24, 2.45) is 10.2 Å². The monoisotopic (exact) mass is 562 g/mol. The fraction of sp³-hybridized carbons (Fsp3) is 0.684. The molecule has 0 N–H and O–H groups in total. The predicted octanol–water partition coefficient (Wildman–Crippen LogP) is 13.5. The Morgan fingerprint density at radius 3 is 1.12 bits per heavy atom. The molecule has 0 saturated heterocycles. The van der Waals surface area contributed by atoms with Gasteiger partial charge in [0.2, 0.25) is 0 Å². The quantitative estimate of drug-likeness (QED) is 0.0787. The molecule has 0 spiro atoms. The van der Waals surface area contributed by atoms with Crippen molar-refractivity contribution in [2.45, 2.75) is 155 Å². The van der Waals surface area contributed by atoms with Gasteiger partial charge in [0.05, 0.1) is 11.4 Å². The molecular weight excluding hydrogens is 498 g/mol. The van der Waals surface area contributed by atoms with E-state index in [1.807, 2.05) is 30.3 Å². The maximum absolute atomic E-state index is 4.45. The van der Waals surface area contributed by atoms with E-state index in [1.165, 1.54) is 160 Å². The molecule has 0 aliphatic carbocycles. The van der Waals surface area contributed by atoms with Crippen LogP contribution in [-0.4, -0.2) is 13.1 Å². The Bertz CT molecular complexity index is 820. The van der Waals surface area contributed by atoms with E-state index in [0.29, 0.717) is 0 Å². The van der Waals surface area contributed by atoms with Gasteiger partial charge in [0.15, 0.2) is 0 Å². The van der Waals surface area contributed by atoms with Crippen LogP contribution in [-0.2, 0) is 0 Å². The van der Waals surface area contributed by atoms with Gasteiger partial charge in [0.25, 0.3) is 0 Å². The zero-order valence-electron chi connectivity index (χ0n) is 27.0. The lowest BCUT2D eigenvalue weighted by atomic mass is 10.1.